The van der Waals surface area contributed by atoms with E-state index in [1.165, 1.54) is 25.2 Å². The Balaban J connectivity index is 1.77. The van der Waals surface area contributed by atoms with E-state index in [9.17, 15) is 0 Å². The van der Waals surface area contributed by atoms with Crippen LogP contribution in [0.3, 0.4) is 0 Å². The third-order valence-electron chi connectivity index (χ3n) is 4.76. The number of rotatable bonds is 2. The van der Waals surface area contributed by atoms with E-state index in [2.05, 4.69) is 54.4 Å². The van der Waals surface area contributed by atoms with Crippen LogP contribution in [-0.4, -0.2) is 30.6 Å². The molecule has 1 N–H and O–H groups in total. The number of fused-ring (bicyclic) bond motifs is 1. The SMILES string of the molecule is CC(c1ccccc1)N1CC2CNCC2C1C. The molecule has 2 heterocycles. The van der Waals surface area contributed by atoms with E-state index >= 15 is 0 Å². The van der Waals surface area contributed by atoms with Crippen LogP contribution in [0.15, 0.2) is 30.3 Å². The van der Waals surface area contributed by atoms with E-state index in [-0.39, 0.29) is 0 Å². The van der Waals surface area contributed by atoms with Crippen LogP contribution >= 0.6 is 0 Å². The van der Waals surface area contributed by atoms with Gasteiger partial charge in [-0.15, -0.1) is 0 Å². The monoisotopic (exact) mass is 230 g/mol. The number of likely N-dealkylation sites (tertiary alicyclic amines) is 1. The minimum atomic E-state index is 0.553. The van der Waals surface area contributed by atoms with Crippen LogP contribution in [0.2, 0.25) is 0 Å². The third kappa shape index (κ3) is 1.90. The fraction of sp³-hybridized carbons (Fsp3) is 0.600. The van der Waals surface area contributed by atoms with Crippen molar-refractivity contribution >= 4 is 0 Å². The minimum absolute atomic E-state index is 0.553. The van der Waals surface area contributed by atoms with Gasteiger partial charge in [0.15, 0.2) is 0 Å². The normalized spacial score (nSPS) is 34.8. The Kier molecular flexibility index (Phi) is 2.93. The molecule has 4 unspecified atom stereocenters. The van der Waals surface area contributed by atoms with Gasteiger partial charge in [0.05, 0.1) is 0 Å². The predicted octanol–water partition coefficient (Wildman–Crippen LogP) is 2.29. The van der Waals surface area contributed by atoms with Gasteiger partial charge in [-0.25, -0.2) is 0 Å². The molecule has 0 aromatic heterocycles. The molecule has 2 fully saturated rings. The van der Waals surface area contributed by atoms with Crippen molar-refractivity contribution in [1.29, 1.82) is 0 Å². The summed E-state index contributed by atoms with van der Waals surface area (Å²) in [6.07, 6.45) is 0. The van der Waals surface area contributed by atoms with Gasteiger partial charge in [0.1, 0.15) is 0 Å². The fourth-order valence-electron chi connectivity index (χ4n) is 3.63. The highest BCUT2D eigenvalue weighted by Gasteiger charge is 2.43. The van der Waals surface area contributed by atoms with Crippen molar-refractivity contribution in [2.45, 2.75) is 25.9 Å². The summed E-state index contributed by atoms with van der Waals surface area (Å²) in [4.78, 5) is 2.69. The predicted molar refractivity (Wildman–Crippen MR) is 70.9 cm³/mol. The quantitative estimate of drug-likeness (QED) is 0.838. The summed E-state index contributed by atoms with van der Waals surface area (Å²) in [6, 6.07) is 12.2. The Bertz CT molecular complexity index is 376. The maximum absolute atomic E-state index is 3.53. The number of nitrogens with one attached hydrogen (secondary N) is 1. The molecule has 17 heavy (non-hydrogen) atoms. The van der Waals surface area contributed by atoms with Crippen molar-refractivity contribution in [2.24, 2.45) is 11.8 Å². The molecule has 2 nitrogen and oxygen atoms in total. The lowest BCUT2D eigenvalue weighted by Gasteiger charge is -2.31. The van der Waals surface area contributed by atoms with E-state index < -0.39 is 0 Å². The number of hydrogen-bond acceptors (Lipinski definition) is 2. The summed E-state index contributed by atoms with van der Waals surface area (Å²) < 4.78 is 0. The maximum Gasteiger partial charge on any atom is 0.0322 e. The van der Waals surface area contributed by atoms with E-state index in [1.807, 2.05) is 0 Å². The first-order valence-corrected chi connectivity index (χ1v) is 6.79. The molecule has 2 aliphatic heterocycles. The molecule has 1 aromatic carbocycles. The molecule has 92 valence electrons. The molecule has 2 saturated heterocycles. The fourth-order valence-corrected chi connectivity index (χ4v) is 3.63. The second-order valence-electron chi connectivity index (χ2n) is 5.61. The molecule has 0 aliphatic carbocycles. The van der Waals surface area contributed by atoms with E-state index in [4.69, 9.17) is 0 Å². The number of nitrogens with zero attached hydrogens (tertiary/aromatic N) is 1. The highest BCUT2D eigenvalue weighted by Crippen LogP contribution is 2.37. The largest absolute Gasteiger partial charge is 0.316 e. The van der Waals surface area contributed by atoms with Gasteiger partial charge >= 0.3 is 0 Å². The van der Waals surface area contributed by atoms with E-state index in [0.29, 0.717) is 12.1 Å². The van der Waals surface area contributed by atoms with Gasteiger partial charge in [0.25, 0.3) is 0 Å². The summed E-state index contributed by atoms with van der Waals surface area (Å²) in [5, 5.41) is 3.53. The van der Waals surface area contributed by atoms with Gasteiger partial charge in [0, 0.05) is 18.6 Å². The summed E-state index contributed by atoms with van der Waals surface area (Å²) in [6.45, 7) is 8.43. The topological polar surface area (TPSA) is 15.3 Å². The number of hydrogen-bond donors (Lipinski definition) is 1. The van der Waals surface area contributed by atoms with Crippen molar-refractivity contribution in [3.63, 3.8) is 0 Å². The van der Waals surface area contributed by atoms with Crippen LogP contribution in [0.5, 0.6) is 0 Å². The molecule has 0 spiro atoms. The molecule has 1 aromatic rings. The zero-order valence-corrected chi connectivity index (χ0v) is 10.8. The summed E-state index contributed by atoms with van der Waals surface area (Å²) in [5.41, 5.74) is 1.45. The second-order valence-corrected chi connectivity index (χ2v) is 5.61. The zero-order chi connectivity index (χ0) is 11.8. The van der Waals surface area contributed by atoms with Crippen molar-refractivity contribution in [2.75, 3.05) is 19.6 Å². The van der Waals surface area contributed by atoms with Gasteiger partial charge in [0.2, 0.25) is 0 Å². The zero-order valence-electron chi connectivity index (χ0n) is 10.8. The molecule has 0 radical (unpaired) electrons. The van der Waals surface area contributed by atoms with Crippen LogP contribution in [0.25, 0.3) is 0 Å². The summed E-state index contributed by atoms with van der Waals surface area (Å²) >= 11 is 0. The van der Waals surface area contributed by atoms with Crippen LogP contribution in [0.1, 0.15) is 25.5 Å². The molecular formula is C15H22N2. The van der Waals surface area contributed by atoms with Gasteiger partial charge in [-0.3, -0.25) is 4.90 Å². The maximum atomic E-state index is 3.53. The average Bonchev–Trinajstić information content (AvgIpc) is 2.93. The average molecular weight is 230 g/mol. The first-order chi connectivity index (χ1) is 8.27. The third-order valence-corrected chi connectivity index (χ3v) is 4.76. The van der Waals surface area contributed by atoms with E-state index in [0.717, 1.165) is 11.8 Å². The first-order valence-electron chi connectivity index (χ1n) is 6.79. The lowest BCUT2D eigenvalue weighted by atomic mass is 9.95. The molecular weight excluding hydrogens is 208 g/mol. The van der Waals surface area contributed by atoms with Gasteiger partial charge < -0.3 is 5.32 Å². The molecule has 3 rings (SSSR count). The smallest absolute Gasteiger partial charge is 0.0322 e. The van der Waals surface area contributed by atoms with E-state index in [1.54, 1.807) is 0 Å². The van der Waals surface area contributed by atoms with Gasteiger partial charge in [-0.1, -0.05) is 30.3 Å². The highest BCUT2D eigenvalue weighted by molar-refractivity contribution is 5.19. The van der Waals surface area contributed by atoms with Crippen molar-refractivity contribution in [1.82, 2.24) is 10.2 Å². The lowest BCUT2D eigenvalue weighted by Crippen LogP contribution is -2.35. The minimum Gasteiger partial charge on any atom is -0.316 e. The number of benzene rings is 1. The summed E-state index contributed by atoms with van der Waals surface area (Å²) in [7, 11) is 0. The first kappa shape index (κ1) is 11.2. The highest BCUT2D eigenvalue weighted by atomic mass is 15.2. The second kappa shape index (κ2) is 4.43. The lowest BCUT2D eigenvalue weighted by molar-refractivity contribution is 0.182. The standard InChI is InChI=1S/C15H22N2/c1-11(13-6-4-3-5-7-13)17-10-14-8-16-9-15(14)12(17)2/h3-7,11-12,14-16H,8-10H2,1-2H3. The van der Waals surface area contributed by atoms with Gasteiger partial charge in [-0.2, -0.15) is 0 Å². The Labute approximate surface area is 104 Å². The molecule has 0 saturated carbocycles. The van der Waals surface area contributed by atoms with Crippen molar-refractivity contribution in [3.05, 3.63) is 35.9 Å². The van der Waals surface area contributed by atoms with Gasteiger partial charge in [-0.05, 0) is 44.3 Å². The molecule has 0 amide bonds. The molecule has 4 atom stereocenters. The molecule has 0 bridgehead atoms. The Hall–Kier alpha value is -0.860. The molecule has 2 heteroatoms. The molecule has 2 aliphatic rings. The van der Waals surface area contributed by atoms with Crippen molar-refractivity contribution in [3.8, 4) is 0 Å². The van der Waals surface area contributed by atoms with Crippen LogP contribution in [-0.2, 0) is 0 Å². The van der Waals surface area contributed by atoms with Crippen molar-refractivity contribution < 1.29 is 0 Å². The van der Waals surface area contributed by atoms with Crippen LogP contribution in [0.4, 0.5) is 0 Å². The van der Waals surface area contributed by atoms with Crippen LogP contribution < -0.4 is 5.32 Å². The summed E-state index contributed by atoms with van der Waals surface area (Å²) in [5.74, 6) is 1.73. The Morgan fingerprint density at radius 1 is 1.24 bits per heavy atom. The Morgan fingerprint density at radius 2 is 2.00 bits per heavy atom. The Morgan fingerprint density at radius 3 is 2.71 bits per heavy atom. The van der Waals surface area contributed by atoms with Crippen LogP contribution in [0, 0.1) is 11.8 Å².